The average molecular weight is 294 g/mol. The van der Waals surface area contributed by atoms with E-state index >= 15 is 0 Å². The maximum absolute atomic E-state index is 12.0. The first kappa shape index (κ1) is 13.9. The molecule has 6 heteroatoms. The molecule has 2 fully saturated rings. The fourth-order valence-electron chi connectivity index (χ4n) is 3.24. The van der Waals surface area contributed by atoms with Crippen molar-refractivity contribution in [3.05, 3.63) is 18.0 Å². The molecule has 0 spiro atoms. The van der Waals surface area contributed by atoms with Crippen LogP contribution in [0.4, 0.5) is 0 Å². The van der Waals surface area contributed by atoms with Gasteiger partial charge in [-0.1, -0.05) is 0 Å². The molecule has 110 valence electrons. The molecule has 0 aliphatic carbocycles. The third-order valence-electron chi connectivity index (χ3n) is 4.36. The summed E-state index contributed by atoms with van der Waals surface area (Å²) in [6.45, 7) is 0.918. The number of likely N-dealkylation sites (tertiary alicyclic amines) is 1. The number of hydrogen-bond donors (Lipinski definition) is 1. The standard InChI is InChI=1S/C14H22N4OS/c1-17-8-11(7-16-17)14-10(5-13(19)18(14)2)6-15-12-3-4-20-9-12/h7-8,10,12,14-15H,3-6,9H2,1-2H3/t10-,12+,14+/m0/s1. The summed E-state index contributed by atoms with van der Waals surface area (Å²) >= 11 is 2.01. The van der Waals surface area contributed by atoms with Crippen molar-refractivity contribution >= 4 is 17.7 Å². The molecule has 1 N–H and O–H groups in total. The molecule has 0 saturated carbocycles. The average Bonchev–Trinajstić information content (AvgIpc) is 3.11. The largest absolute Gasteiger partial charge is 0.338 e. The van der Waals surface area contributed by atoms with Crippen LogP contribution in [-0.2, 0) is 11.8 Å². The summed E-state index contributed by atoms with van der Waals surface area (Å²) in [6, 6.07) is 0.785. The summed E-state index contributed by atoms with van der Waals surface area (Å²) in [5.41, 5.74) is 1.15. The smallest absolute Gasteiger partial charge is 0.223 e. The molecule has 1 amide bonds. The van der Waals surface area contributed by atoms with Crippen molar-refractivity contribution in [2.24, 2.45) is 13.0 Å². The molecule has 0 bridgehead atoms. The Morgan fingerprint density at radius 1 is 1.50 bits per heavy atom. The minimum atomic E-state index is 0.165. The molecule has 2 aliphatic heterocycles. The Kier molecular flexibility index (Phi) is 4.03. The summed E-state index contributed by atoms with van der Waals surface area (Å²) in [5, 5.41) is 7.89. The van der Waals surface area contributed by atoms with E-state index in [-0.39, 0.29) is 11.9 Å². The van der Waals surface area contributed by atoms with Crippen LogP contribution in [-0.4, -0.2) is 51.7 Å². The number of carbonyl (C=O) groups excluding carboxylic acids is 1. The summed E-state index contributed by atoms with van der Waals surface area (Å²) in [7, 11) is 3.83. The second-order valence-corrected chi connectivity index (χ2v) is 6.98. The Morgan fingerprint density at radius 3 is 3.00 bits per heavy atom. The van der Waals surface area contributed by atoms with Crippen molar-refractivity contribution in [2.75, 3.05) is 25.1 Å². The summed E-state index contributed by atoms with van der Waals surface area (Å²) in [4.78, 5) is 13.9. The lowest BCUT2D eigenvalue weighted by molar-refractivity contribution is -0.127. The van der Waals surface area contributed by atoms with Gasteiger partial charge >= 0.3 is 0 Å². The molecule has 0 radical (unpaired) electrons. The fraction of sp³-hybridized carbons (Fsp3) is 0.714. The van der Waals surface area contributed by atoms with E-state index in [0.29, 0.717) is 18.4 Å². The first-order valence-corrected chi connectivity index (χ1v) is 8.36. The molecule has 1 aromatic heterocycles. The zero-order chi connectivity index (χ0) is 14.1. The van der Waals surface area contributed by atoms with Crippen molar-refractivity contribution < 1.29 is 4.79 Å². The minimum absolute atomic E-state index is 0.165. The normalized spacial score (nSPS) is 30.4. The molecule has 2 saturated heterocycles. The van der Waals surface area contributed by atoms with Crippen molar-refractivity contribution in [1.82, 2.24) is 20.0 Å². The topological polar surface area (TPSA) is 50.2 Å². The van der Waals surface area contributed by atoms with Gasteiger partial charge in [0.15, 0.2) is 0 Å². The highest BCUT2D eigenvalue weighted by Crippen LogP contribution is 2.36. The van der Waals surface area contributed by atoms with Crippen LogP contribution in [0.25, 0.3) is 0 Å². The third-order valence-corrected chi connectivity index (χ3v) is 5.52. The van der Waals surface area contributed by atoms with Crippen LogP contribution in [0, 0.1) is 5.92 Å². The third kappa shape index (κ3) is 2.72. The van der Waals surface area contributed by atoms with Crippen molar-refractivity contribution in [3.63, 3.8) is 0 Å². The zero-order valence-corrected chi connectivity index (χ0v) is 12.9. The maximum Gasteiger partial charge on any atom is 0.223 e. The van der Waals surface area contributed by atoms with Gasteiger partial charge in [0.05, 0.1) is 12.2 Å². The molecule has 3 rings (SSSR count). The monoisotopic (exact) mass is 294 g/mol. The van der Waals surface area contributed by atoms with Gasteiger partial charge in [0.1, 0.15) is 0 Å². The number of nitrogens with one attached hydrogen (secondary N) is 1. The molecule has 20 heavy (non-hydrogen) atoms. The lowest BCUT2D eigenvalue weighted by Crippen LogP contribution is -2.35. The molecular formula is C14H22N4OS. The van der Waals surface area contributed by atoms with Gasteiger partial charge in [-0.25, -0.2) is 0 Å². The van der Waals surface area contributed by atoms with Gasteiger partial charge in [0.25, 0.3) is 0 Å². The lowest BCUT2D eigenvalue weighted by Gasteiger charge is -2.25. The predicted molar refractivity (Wildman–Crippen MR) is 80.6 cm³/mol. The summed E-state index contributed by atoms with van der Waals surface area (Å²) < 4.78 is 1.81. The number of amides is 1. The van der Waals surface area contributed by atoms with E-state index in [0.717, 1.165) is 12.1 Å². The van der Waals surface area contributed by atoms with Gasteiger partial charge in [-0.3, -0.25) is 9.48 Å². The van der Waals surface area contributed by atoms with E-state index in [1.165, 1.54) is 17.9 Å². The van der Waals surface area contributed by atoms with E-state index in [9.17, 15) is 4.79 Å². The van der Waals surface area contributed by atoms with Crippen LogP contribution in [0.3, 0.4) is 0 Å². The Balaban J connectivity index is 1.69. The number of aromatic nitrogens is 2. The fourth-order valence-corrected chi connectivity index (χ4v) is 4.42. The van der Waals surface area contributed by atoms with Crippen LogP contribution in [0.1, 0.15) is 24.4 Å². The Hall–Kier alpha value is -1.01. The Bertz CT molecular complexity index is 483. The molecule has 0 unspecified atom stereocenters. The van der Waals surface area contributed by atoms with E-state index in [1.807, 2.05) is 47.8 Å². The second kappa shape index (κ2) is 5.77. The van der Waals surface area contributed by atoms with E-state index in [4.69, 9.17) is 0 Å². The van der Waals surface area contributed by atoms with Crippen molar-refractivity contribution in [3.8, 4) is 0 Å². The van der Waals surface area contributed by atoms with Gasteiger partial charge < -0.3 is 10.2 Å². The number of thioether (sulfide) groups is 1. The van der Waals surface area contributed by atoms with E-state index in [2.05, 4.69) is 10.4 Å². The minimum Gasteiger partial charge on any atom is -0.338 e. The highest BCUT2D eigenvalue weighted by molar-refractivity contribution is 7.99. The van der Waals surface area contributed by atoms with Crippen LogP contribution < -0.4 is 5.32 Å². The van der Waals surface area contributed by atoms with Gasteiger partial charge in [-0.2, -0.15) is 16.9 Å². The Morgan fingerprint density at radius 2 is 2.35 bits per heavy atom. The first-order chi connectivity index (χ1) is 9.65. The number of carbonyl (C=O) groups is 1. The molecule has 3 heterocycles. The highest BCUT2D eigenvalue weighted by Gasteiger charge is 2.39. The number of hydrogen-bond acceptors (Lipinski definition) is 4. The molecular weight excluding hydrogens is 272 g/mol. The highest BCUT2D eigenvalue weighted by atomic mass is 32.2. The summed E-state index contributed by atoms with van der Waals surface area (Å²) in [6.07, 6.45) is 5.80. The number of aryl methyl sites for hydroxylation is 1. The van der Waals surface area contributed by atoms with Crippen LogP contribution in [0.2, 0.25) is 0 Å². The summed E-state index contributed by atoms with van der Waals surface area (Å²) in [5.74, 6) is 3.05. The van der Waals surface area contributed by atoms with Gasteiger partial charge in [0, 0.05) is 56.5 Å². The SMILES string of the molecule is CN1C(=O)C[C@@H](CN[C@@H]2CCSC2)[C@@H]1c1cnn(C)c1. The number of rotatable bonds is 4. The molecule has 3 atom stereocenters. The van der Waals surface area contributed by atoms with Gasteiger partial charge in [0.2, 0.25) is 5.91 Å². The van der Waals surface area contributed by atoms with E-state index in [1.54, 1.807) is 0 Å². The first-order valence-electron chi connectivity index (χ1n) is 7.20. The van der Waals surface area contributed by atoms with Crippen molar-refractivity contribution in [2.45, 2.75) is 24.9 Å². The van der Waals surface area contributed by atoms with Crippen LogP contribution >= 0.6 is 11.8 Å². The maximum atomic E-state index is 12.0. The molecule has 5 nitrogen and oxygen atoms in total. The Labute approximate surface area is 124 Å². The van der Waals surface area contributed by atoms with E-state index < -0.39 is 0 Å². The molecule has 1 aromatic rings. The van der Waals surface area contributed by atoms with Crippen molar-refractivity contribution in [1.29, 1.82) is 0 Å². The zero-order valence-electron chi connectivity index (χ0n) is 12.1. The van der Waals surface area contributed by atoms with Gasteiger partial charge in [-0.05, 0) is 12.2 Å². The van der Waals surface area contributed by atoms with Crippen LogP contribution in [0.15, 0.2) is 12.4 Å². The lowest BCUT2D eigenvalue weighted by atomic mass is 9.95. The predicted octanol–water partition coefficient (Wildman–Crippen LogP) is 1.03. The quantitative estimate of drug-likeness (QED) is 0.901. The van der Waals surface area contributed by atoms with Gasteiger partial charge in [-0.15, -0.1) is 0 Å². The molecule has 2 aliphatic rings. The number of nitrogens with zero attached hydrogens (tertiary/aromatic N) is 3. The second-order valence-electron chi connectivity index (χ2n) is 5.83. The van der Waals surface area contributed by atoms with Crippen LogP contribution in [0.5, 0.6) is 0 Å². The molecule has 0 aromatic carbocycles.